The summed E-state index contributed by atoms with van der Waals surface area (Å²) in [5.74, 6) is 1.35. The molecule has 2 N–H and O–H groups in total. The molecular formula is C31H35N3O3. The Balaban J connectivity index is 1.31. The van der Waals surface area contributed by atoms with Crippen LogP contribution in [0, 0.1) is 0 Å². The third-order valence-electron chi connectivity index (χ3n) is 7.40. The lowest BCUT2D eigenvalue weighted by Gasteiger charge is -2.32. The molecule has 0 saturated carbocycles. The highest BCUT2D eigenvalue weighted by Crippen LogP contribution is 2.39. The molecule has 1 saturated heterocycles. The minimum atomic E-state index is -0.157. The van der Waals surface area contributed by atoms with Crippen LogP contribution in [-0.2, 0) is 11.3 Å². The van der Waals surface area contributed by atoms with Crippen LogP contribution >= 0.6 is 0 Å². The lowest BCUT2D eigenvalue weighted by Crippen LogP contribution is -2.44. The minimum absolute atomic E-state index is 0.0645. The fourth-order valence-corrected chi connectivity index (χ4v) is 5.43. The van der Waals surface area contributed by atoms with E-state index >= 15 is 0 Å². The largest absolute Gasteiger partial charge is 0.497 e. The Bertz CT molecular complexity index is 1330. The summed E-state index contributed by atoms with van der Waals surface area (Å²) >= 11 is 0. The molecule has 0 bridgehead atoms. The molecule has 192 valence electrons. The fraction of sp³-hybridized carbons (Fsp3) is 0.323. The number of rotatable bonds is 9. The zero-order valence-corrected chi connectivity index (χ0v) is 21.6. The molecule has 2 heterocycles. The number of carbonyl (C=O) groups is 1. The number of H-pyrrole nitrogens is 1. The van der Waals surface area contributed by atoms with E-state index in [0.717, 1.165) is 66.0 Å². The van der Waals surface area contributed by atoms with E-state index in [1.165, 1.54) is 5.56 Å². The third kappa shape index (κ3) is 5.81. The number of ether oxygens (including phenoxy) is 2. The van der Waals surface area contributed by atoms with Gasteiger partial charge in [0.15, 0.2) is 0 Å². The maximum absolute atomic E-state index is 13.4. The van der Waals surface area contributed by atoms with Gasteiger partial charge >= 0.3 is 0 Å². The van der Waals surface area contributed by atoms with Crippen LogP contribution in [0.3, 0.4) is 0 Å². The van der Waals surface area contributed by atoms with Crippen molar-refractivity contribution in [3.8, 4) is 11.5 Å². The summed E-state index contributed by atoms with van der Waals surface area (Å²) in [6, 6.07) is 24.8. The highest BCUT2D eigenvalue weighted by atomic mass is 16.5. The second kappa shape index (κ2) is 11.5. The van der Waals surface area contributed by atoms with Gasteiger partial charge in [0.05, 0.1) is 14.2 Å². The Kier molecular flexibility index (Phi) is 7.76. The van der Waals surface area contributed by atoms with Crippen molar-refractivity contribution >= 4 is 16.8 Å². The van der Waals surface area contributed by atoms with Gasteiger partial charge in [0.2, 0.25) is 5.91 Å². The summed E-state index contributed by atoms with van der Waals surface area (Å²) in [5, 5.41) is 4.45. The predicted octanol–water partition coefficient (Wildman–Crippen LogP) is 5.49. The second-order valence-corrected chi connectivity index (χ2v) is 9.76. The van der Waals surface area contributed by atoms with Crippen molar-refractivity contribution < 1.29 is 14.3 Å². The van der Waals surface area contributed by atoms with Gasteiger partial charge in [0.1, 0.15) is 11.5 Å². The van der Waals surface area contributed by atoms with E-state index in [9.17, 15) is 4.79 Å². The molecule has 0 spiro atoms. The van der Waals surface area contributed by atoms with Crippen LogP contribution in [0.4, 0.5) is 0 Å². The lowest BCUT2D eigenvalue weighted by molar-refractivity contribution is -0.122. The van der Waals surface area contributed by atoms with Gasteiger partial charge in [0.25, 0.3) is 0 Å². The molecule has 6 nitrogen and oxygen atoms in total. The molecule has 3 aromatic carbocycles. The number of nitrogens with one attached hydrogen (secondary N) is 2. The summed E-state index contributed by atoms with van der Waals surface area (Å²) in [6.45, 7) is 2.93. The molecule has 1 amide bonds. The van der Waals surface area contributed by atoms with E-state index in [1.807, 2.05) is 36.5 Å². The van der Waals surface area contributed by atoms with E-state index in [-0.39, 0.29) is 17.9 Å². The smallest absolute Gasteiger partial charge is 0.221 e. The first kappa shape index (κ1) is 24.9. The molecule has 1 aliphatic heterocycles. The van der Waals surface area contributed by atoms with Gasteiger partial charge in [-0.1, -0.05) is 54.6 Å². The summed E-state index contributed by atoms with van der Waals surface area (Å²) in [4.78, 5) is 19.3. The molecule has 6 heteroatoms. The number of methoxy groups -OCH3 is 2. The number of nitrogens with zero attached hydrogens (tertiary/aromatic N) is 1. The van der Waals surface area contributed by atoms with Crippen LogP contribution in [0.5, 0.6) is 11.5 Å². The summed E-state index contributed by atoms with van der Waals surface area (Å²) < 4.78 is 11.2. The number of carbonyl (C=O) groups excluding carboxylic acids is 1. The molecule has 4 aromatic rings. The van der Waals surface area contributed by atoms with Crippen molar-refractivity contribution in [1.82, 2.24) is 15.2 Å². The summed E-state index contributed by atoms with van der Waals surface area (Å²) in [5.41, 5.74) is 4.45. The first-order chi connectivity index (χ1) is 18.1. The Morgan fingerprint density at radius 1 is 0.973 bits per heavy atom. The van der Waals surface area contributed by atoms with Crippen LogP contribution in [0.2, 0.25) is 0 Å². The third-order valence-corrected chi connectivity index (χ3v) is 7.40. The highest BCUT2D eigenvalue weighted by Gasteiger charge is 2.27. The zero-order valence-electron chi connectivity index (χ0n) is 21.6. The second-order valence-electron chi connectivity index (χ2n) is 9.76. The maximum atomic E-state index is 13.4. The molecule has 37 heavy (non-hydrogen) atoms. The molecule has 1 unspecified atom stereocenters. The van der Waals surface area contributed by atoms with Crippen molar-refractivity contribution in [2.45, 2.75) is 37.8 Å². The van der Waals surface area contributed by atoms with E-state index in [4.69, 9.17) is 9.47 Å². The van der Waals surface area contributed by atoms with Crippen LogP contribution in [0.15, 0.2) is 79.0 Å². The van der Waals surface area contributed by atoms with Crippen LogP contribution in [0.25, 0.3) is 10.9 Å². The van der Waals surface area contributed by atoms with Crippen LogP contribution < -0.4 is 14.8 Å². The molecule has 1 aromatic heterocycles. The Labute approximate surface area is 218 Å². The summed E-state index contributed by atoms with van der Waals surface area (Å²) in [6.07, 6.45) is 4.29. The summed E-state index contributed by atoms with van der Waals surface area (Å²) in [7, 11) is 3.30. The highest BCUT2D eigenvalue weighted by molar-refractivity contribution is 5.86. The number of amides is 1. The molecule has 0 aliphatic carbocycles. The van der Waals surface area contributed by atoms with Gasteiger partial charge in [0, 0.05) is 66.7 Å². The average molecular weight is 498 g/mol. The molecule has 1 atom stereocenters. The van der Waals surface area contributed by atoms with Crippen molar-refractivity contribution in [2.24, 2.45) is 0 Å². The van der Waals surface area contributed by atoms with Crippen molar-refractivity contribution in [3.05, 3.63) is 95.7 Å². The van der Waals surface area contributed by atoms with Gasteiger partial charge < -0.3 is 19.8 Å². The Morgan fingerprint density at radius 2 is 1.73 bits per heavy atom. The molecule has 1 aliphatic rings. The Morgan fingerprint density at radius 3 is 2.49 bits per heavy atom. The monoisotopic (exact) mass is 497 g/mol. The average Bonchev–Trinajstić information content (AvgIpc) is 3.37. The SMILES string of the molecule is COc1ccc(C(CC(=O)NC2CCN(Cc3ccccc3)CC2)c2c[nH]c3ccccc23)c(OC)c1. The maximum Gasteiger partial charge on any atom is 0.221 e. The number of fused-ring (bicyclic) bond motifs is 1. The van der Waals surface area contributed by atoms with Gasteiger partial charge in [-0.25, -0.2) is 0 Å². The molecule has 0 radical (unpaired) electrons. The van der Waals surface area contributed by atoms with Crippen molar-refractivity contribution in [3.63, 3.8) is 0 Å². The minimum Gasteiger partial charge on any atom is -0.497 e. The van der Waals surface area contributed by atoms with E-state index in [1.54, 1.807) is 14.2 Å². The number of hydrogen-bond acceptors (Lipinski definition) is 4. The van der Waals surface area contributed by atoms with Gasteiger partial charge in [-0.15, -0.1) is 0 Å². The number of piperidine rings is 1. The molecule has 1 fully saturated rings. The molecule has 5 rings (SSSR count). The molecular weight excluding hydrogens is 462 g/mol. The van der Waals surface area contributed by atoms with Gasteiger partial charge in [-0.3, -0.25) is 9.69 Å². The van der Waals surface area contributed by atoms with Crippen LogP contribution in [-0.4, -0.2) is 49.1 Å². The van der Waals surface area contributed by atoms with Gasteiger partial charge in [-0.2, -0.15) is 0 Å². The van der Waals surface area contributed by atoms with E-state index in [0.29, 0.717) is 6.42 Å². The Hall–Kier alpha value is -3.77. The number of aromatic nitrogens is 1. The number of hydrogen-bond donors (Lipinski definition) is 2. The van der Waals surface area contributed by atoms with E-state index < -0.39 is 0 Å². The van der Waals surface area contributed by atoms with Crippen LogP contribution in [0.1, 0.15) is 41.9 Å². The van der Waals surface area contributed by atoms with Crippen molar-refractivity contribution in [1.29, 1.82) is 0 Å². The number of aromatic amines is 1. The fourth-order valence-electron chi connectivity index (χ4n) is 5.43. The van der Waals surface area contributed by atoms with E-state index in [2.05, 4.69) is 57.7 Å². The number of likely N-dealkylation sites (tertiary alicyclic amines) is 1. The number of benzene rings is 3. The zero-order chi connectivity index (χ0) is 25.6. The van der Waals surface area contributed by atoms with Gasteiger partial charge in [-0.05, 0) is 36.1 Å². The first-order valence-electron chi connectivity index (χ1n) is 13.0. The lowest BCUT2D eigenvalue weighted by atomic mass is 9.87. The quantitative estimate of drug-likeness (QED) is 0.321. The first-order valence-corrected chi connectivity index (χ1v) is 13.0. The van der Waals surface area contributed by atoms with Crippen molar-refractivity contribution in [2.75, 3.05) is 27.3 Å². The normalized spacial score (nSPS) is 15.4. The predicted molar refractivity (Wildman–Crippen MR) is 147 cm³/mol. The number of para-hydroxylation sites is 1. The standard InChI is InChI=1S/C31H35N3O3/c1-36-24-12-13-26(30(18-24)37-2)27(28-20-32-29-11-7-6-10-25(28)29)19-31(35)33-23-14-16-34(17-15-23)21-22-8-4-3-5-9-22/h3-13,18,20,23,27,32H,14-17,19,21H2,1-2H3,(H,33,35). The topological polar surface area (TPSA) is 66.6 Å².